The van der Waals surface area contributed by atoms with Gasteiger partial charge in [-0.05, 0) is 6.08 Å². The maximum Gasteiger partial charge on any atom is 0.360 e. The number of ether oxygens (including phenoxy) is 2. The van der Waals surface area contributed by atoms with Crippen molar-refractivity contribution in [1.29, 1.82) is 0 Å². The van der Waals surface area contributed by atoms with Crippen molar-refractivity contribution in [1.82, 2.24) is 10.2 Å². The second kappa shape index (κ2) is 5.30. The van der Waals surface area contributed by atoms with Crippen molar-refractivity contribution in [3.8, 4) is 0 Å². The molecule has 0 atom stereocenters. The van der Waals surface area contributed by atoms with E-state index >= 15 is 0 Å². The third-order valence-corrected chi connectivity index (χ3v) is 2.47. The first-order valence-corrected chi connectivity index (χ1v) is 5.36. The SMILES string of the molecule is COC(=O)c1nnc(C(=O)OC)c2c1C=CC=CN2. The van der Waals surface area contributed by atoms with Gasteiger partial charge in [-0.15, -0.1) is 10.2 Å². The average Bonchev–Trinajstić information content (AvgIpc) is 2.70. The number of allylic oxidation sites excluding steroid dienone is 2. The molecule has 2 rings (SSSR count). The lowest BCUT2D eigenvalue weighted by Crippen LogP contribution is -2.16. The van der Waals surface area contributed by atoms with E-state index in [-0.39, 0.29) is 11.4 Å². The highest BCUT2D eigenvalue weighted by Crippen LogP contribution is 2.26. The number of carbonyl (C=O) groups excluding carboxylic acids is 2. The van der Waals surface area contributed by atoms with Gasteiger partial charge in [-0.3, -0.25) is 0 Å². The molecule has 1 N–H and O–H groups in total. The molecule has 19 heavy (non-hydrogen) atoms. The predicted molar refractivity (Wildman–Crippen MR) is 66.5 cm³/mol. The van der Waals surface area contributed by atoms with E-state index in [0.717, 1.165) is 0 Å². The molecule has 0 aromatic carbocycles. The van der Waals surface area contributed by atoms with Gasteiger partial charge in [0.1, 0.15) is 0 Å². The van der Waals surface area contributed by atoms with Crippen molar-refractivity contribution < 1.29 is 19.1 Å². The number of hydrogen-bond acceptors (Lipinski definition) is 7. The molecule has 1 aromatic rings. The van der Waals surface area contributed by atoms with E-state index in [0.29, 0.717) is 11.3 Å². The number of nitrogens with one attached hydrogen (secondary N) is 1. The third kappa shape index (κ3) is 2.30. The van der Waals surface area contributed by atoms with E-state index in [1.54, 1.807) is 24.4 Å². The fourth-order valence-electron chi connectivity index (χ4n) is 1.58. The summed E-state index contributed by atoms with van der Waals surface area (Å²) in [5.41, 5.74) is 0.804. The van der Waals surface area contributed by atoms with Crippen LogP contribution in [0.15, 0.2) is 18.4 Å². The summed E-state index contributed by atoms with van der Waals surface area (Å²) < 4.78 is 9.25. The molecule has 0 unspecified atom stereocenters. The number of aromatic nitrogens is 2. The van der Waals surface area contributed by atoms with E-state index in [1.165, 1.54) is 14.2 Å². The van der Waals surface area contributed by atoms with Crippen LogP contribution in [0.5, 0.6) is 0 Å². The predicted octanol–water partition coefficient (Wildman–Crippen LogP) is 1.00. The van der Waals surface area contributed by atoms with Gasteiger partial charge < -0.3 is 14.8 Å². The van der Waals surface area contributed by atoms with Crippen molar-refractivity contribution in [2.45, 2.75) is 0 Å². The molecule has 2 heterocycles. The molecule has 0 amide bonds. The lowest BCUT2D eigenvalue weighted by Gasteiger charge is -2.11. The van der Waals surface area contributed by atoms with Crippen LogP contribution >= 0.6 is 0 Å². The normalized spacial score (nSPS) is 12.1. The Bertz CT molecular complexity index is 593. The highest BCUT2D eigenvalue weighted by atomic mass is 16.5. The minimum absolute atomic E-state index is 0.00125. The van der Waals surface area contributed by atoms with Gasteiger partial charge in [0, 0.05) is 11.8 Å². The average molecular weight is 261 g/mol. The van der Waals surface area contributed by atoms with Crippen molar-refractivity contribution in [3.63, 3.8) is 0 Å². The molecule has 0 radical (unpaired) electrons. The van der Waals surface area contributed by atoms with Crippen molar-refractivity contribution in [2.24, 2.45) is 0 Å². The molecule has 98 valence electrons. The molecule has 7 heteroatoms. The second-order valence-corrected chi connectivity index (χ2v) is 3.53. The standard InChI is InChI=1S/C12H11N3O4/c1-18-11(16)9-7-5-3-4-6-13-8(7)10(15-14-9)12(17)19-2/h3-6,13H,1-2H3. The van der Waals surface area contributed by atoms with Crippen LogP contribution in [0, 0.1) is 0 Å². The number of anilines is 1. The monoisotopic (exact) mass is 261 g/mol. The Balaban J connectivity index is 2.65. The largest absolute Gasteiger partial charge is 0.464 e. The van der Waals surface area contributed by atoms with Crippen LogP contribution in [0.3, 0.4) is 0 Å². The number of esters is 2. The zero-order chi connectivity index (χ0) is 13.8. The lowest BCUT2D eigenvalue weighted by molar-refractivity contribution is 0.0574. The van der Waals surface area contributed by atoms with E-state index in [2.05, 4.69) is 25.0 Å². The van der Waals surface area contributed by atoms with Gasteiger partial charge >= 0.3 is 11.9 Å². The fourth-order valence-corrected chi connectivity index (χ4v) is 1.58. The van der Waals surface area contributed by atoms with Gasteiger partial charge in [0.15, 0.2) is 11.4 Å². The van der Waals surface area contributed by atoms with Crippen LogP contribution in [-0.4, -0.2) is 36.4 Å². The minimum atomic E-state index is -0.642. The highest BCUT2D eigenvalue weighted by molar-refractivity contribution is 6.00. The molecule has 0 spiro atoms. The first-order chi connectivity index (χ1) is 9.19. The topological polar surface area (TPSA) is 90.4 Å². The Kier molecular flexibility index (Phi) is 3.56. The van der Waals surface area contributed by atoms with Crippen LogP contribution in [-0.2, 0) is 9.47 Å². The van der Waals surface area contributed by atoms with Crippen LogP contribution in [0.4, 0.5) is 5.69 Å². The molecule has 7 nitrogen and oxygen atoms in total. The number of fused-ring (bicyclic) bond motifs is 1. The summed E-state index contributed by atoms with van der Waals surface area (Å²) in [6.45, 7) is 0. The molecule has 1 aliphatic heterocycles. The zero-order valence-electron chi connectivity index (χ0n) is 10.3. The van der Waals surface area contributed by atoms with Crippen molar-refractivity contribution in [2.75, 3.05) is 19.5 Å². The Hall–Kier alpha value is -2.70. The Labute approximate surface area is 108 Å². The van der Waals surface area contributed by atoms with Gasteiger partial charge in [0.05, 0.1) is 19.9 Å². The molecule has 0 saturated heterocycles. The van der Waals surface area contributed by atoms with Crippen LogP contribution in [0.25, 0.3) is 6.08 Å². The lowest BCUT2D eigenvalue weighted by atomic mass is 10.1. The maximum absolute atomic E-state index is 11.6. The number of carbonyl (C=O) groups is 2. The van der Waals surface area contributed by atoms with Crippen LogP contribution in [0.2, 0.25) is 0 Å². The summed E-state index contributed by atoms with van der Waals surface area (Å²) in [6, 6.07) is 0. The number of hydrogen-bond donors (Lipinski definition) is 1. The molecule has 0 fully saturated rings. The fraction of sp³-hybridized carbons (Fsp3) is 0.167. The summed E-state index contributed by atoms with van der Waals surface area (Å²) in [7, 11) is 2.49. The van der Waals surface area contributed by atoms with Crippen molar-refractivity contribution in [3.05, 3.63) is 35.3 Å². The highest BCUT2D eigenvalue weighted by Gasteiger charge is 2.24. The second-order valence-electron chi connectivity index (χ2n) is 3.53. The third-order valence-electron chi connectivity index (χ3n) is 2.47. The summed E-state index contributed by atoms with van der Waals surface area (Å²) >= 11 is 0. The Morgan fingerprint density at radius 2 is 1.68 bits per heavy atom. The number of nitrogens with zero attached hydrogens (tertiary/aromatic N) is 2. The van der Waals surface area contributed by atoms with E-state index in [1.807, 2.05) is 0 Å². The summed E-state index contributed by atoms with van der Waals surface area (Å²) in [6.07, 6.45) is 6.66. The maximum atomic E-state index is 11.6. The molecule has 0 saturated carbocycles. The first kappa shape index (κ1) is 12.7. The molecule has 0 bridgehead atoms. The van der Waals surface area contributed by atoms with E-state index in [4.69, 9.17) is 0 Å². The summed E-state index contributed by atoms with van der Waals surface area (Å²) in [5, 5.41) is 10.3. The Morgan fingerprint density at radius 1 is 1.05 bits per heavy atom. The first-order valence-electron chi connectivity index (χ1n) is 5.36. The molecule has 1 aromatic heterocycles. The number of methoxy groups -OCH3 is 2. The molecule has 0 aliphatic carbocycles. The van der Waals surface area contributed by atoms with Crippen LogP contribution < -0.4 is 5.32 Å². The van der Waals surface area contributed by atoms with Crippen LogP contribution in [0.1, 0.15) is 26.5 Å². The number of rotatable bonds is 2. The Morgan fingerprint density at radius 3 is 2.37 bits per heavy atom. The minimum Gasteiger partial charge on any atom is -0.464 e. The quantitative estimate of drug-likeness (QED) is 0.794. The van der Waals surface area contributed by atoms with Gasteiger partial charge in [0.2, 0.25) is 0 Å². The van der Waals surface area contributed by atoms with Gasteiger partial charge in [-0.1, -0.05) is 12.2 Å². The summed E-state index contributed by atoms with van der Waals surface area (Å²) in [5.74, 6) is -1.27. The van der Waals surface area contributed by atoms with Gasteiger partial charge in [-0.2, -0.15) is 0 Å². The van der Waals surface area contributed by atoms with Crippen molar-refractivity contribution >= 4 is 23.7 Å². The molecular weight excluding hydrogens is 250 g/mol. The van der Waals surface area contributed by atoms with Gasteiger partial charge in [0.25, 0.3) is 0 Å². The van der Waals surface area contributed by atoms with E-state index < -0.39 is 11.9 Å². The summed E-state index contributed by atoms with van der Waals surface area (Å²) in [4.78, 5) is 23.2. The molecular formula is C12H11N3O4. The van der Waals surface area contributed by atoms with E-state index in [9.17, 15) is 9.59 Å². The van der Waals surface area contributed by atoms with Gasteiger partial charge in [-0.25, -0.2) is 9.59 Å². The smallest absolute Gasteiger partial charge is 0.360 e. The zero-order valence-corrected chi connectivity index (χ0v) is 10.3. The molecule has 1 aliphatic rings.